The Morgan fingerprint density at radius 3 is 2.12 bits per heavy atom. The number of ether oxygens (including phenoxy) is 1. The molecule has 0 aromatic heterocycles. The minimum absolute atomic E-state index is 0. The number of halogens is 2. The van der Waals surface area contributed by atoms with Crippen molar-refractivity contribution < 1.29 is 4.74 Å². The first-order valence-corrected chi connectivity index (χ1v) is 10.3. The Balaban J connectivity index is 0.00000312. The molecule has 4 heteroatoms. The van der Waals surface area contributed by atoms with E-state index in [4.69, 9.17) is 4.74 Å². The lowest BCUT2D eigenvalue weighted by Crippen LogP contribution is -2.06. The summed E-state index contributed by atoms with van der Waals surface area (Å²) < 4.78 is 7.18. The highest BCUT2D eigenvalue weighted by Crippen LogP contribution is 2.23. The molecule has 1 N–H and O–H groups in total. The molecular formula is C21H31ClINO. The largest absolute Gasteiger partial charge is 0.494 e. The Labute approximate surface area is 172 Å². The number of nitrogens with one attached hydrogen (secondary N) is 1. The third-order valence-corrected chi connectivity index (χ3v) is 5.03. The molecule has 0 aliphatic rings. The van der Waals surface area contributed by atoms with Crippen molar-refractivity contribution in [3.8, 4) is 5.75 Å². The van der Waals surface area contributed by atoms with Gasteiger partial charge >= 0.3 is 0 Å². The number of unbranched alkanes of at least 4 members (excludes halogenated alkanes) is 7. The predicted octanol–water partition coefficient (Wildman–Crippen LogP) is 6.59. The van der Waals surface area contributed by atoms with E-state index in [2.05, 4.69) is 64.3 Å². The molecule has 0 atom stereocenters. The molecule has 2 rings (SSSR count). The molecule has 0 aliphatic heterocycles. The molecule has 2 aromatic rings. The second-order valence-corrected chi connectivity index (χ2v) is 7.68. The van der Waals surface area contributed by atoms with Gasteiger partial charge in [0, 0.05) is 3.57 Å². The Hall–Kier alpha value is -0.520. The molecule has 2 aromatic carbocycles. The molecule has 0 saturated heterocycles. The van der Waals surface area contributed by atoms with Crippen LogP contribution in [0.2, 0.25) is 0 Å². The first kappa shape index (κ1) is 22.5. The molecule has 0 radical (unpaired) electrons. The van der Waals surface area contributed by atoms with Crippen LogP contribution in [0.1, 0.15) is 51.4 Å². The van der Waals surface area contributed by atoms with E-state index in [0.717, 1.165) is 25.3 Å². The van der Waals surface area contributed by atoms with Gasteiger partial charge in [0.05, 0.1) is 6.61 Å². The summed E-state index contributed by atoms with van der Waals surface area (Å²) in [5.41, 5.74) is 0. The van der Waals surface area contributed by atoms with Crippen LogP contribution in [0.4, 0.5) is 0 Å². The summed E-state index contributed by atoms with van der Waals surface area (Å²) in [6, 6.07) is 12.9. The maximum Gasteiger partial charge on any atom is 0.119 e. The van der Waals surface area contributed by atoms with Gasteiger partial charge in [-0.3, -0.25) is 0 Å². The highest BCUT2D eigenvalue weighted by atomic mass is 127. The first-order valence-electron chi connectivity index (χ1n) is 9.26. The number of benzene rings is 2. The molecule has 25 heavy (non-hydrogen) atoms. The molecule has 0 aliphatic carbocycles. The van der Waals surface area contributed by atoms with Gasteiger partial charge in [0.2, 0.25) is 0 Å². The van der Waals surface area contributed by atoms with Gasteiger partial charge in [-0.25, -0.2) is 0 Å². The van der Waals surface area contributed by atoms with Gasteiger partial charge in [0.15, 0.2) is 0 Å². The topological polar surface area (TPSA) is 21.3 Å². The molecule has 0 fully saturated rings. The van der Waals surface area contributed by atoms with Crippen LogP contribution in [-0.4, -0.2) is 20.2 Å². The average Bonchev–Trinajstić information content (AvgIpc) is 2.59. The lowest BCUT2D eigenvalue weighted by Gasteiger charge is -2.08. The Kier molecular flexibility index (Phi) is 12.3. The number of fused-ring (bicyclic) bond motifs is 1. The normalized spacial score (nSPS) is 10.6. The van der Waals surface area contributed by atoms with Crippen LogP contribution in [0.25, 0.3) is 10.8 Å². The molecule has 2 nitrogen and oxygen atoms in total. The fourth-order valence-electron chi connectivity index (χ4n) is 2.94. The highest BCUT2D eigenvalue weighted by Gasteiger charge is 1.99. The van der Waals surface area contributed by atoms with Gasteiger partial charge in [-0.1, -0.05) is 50.7 Å². The second kappa shape index (κ2) is 13.7. The molecule has 0 bridgehead atoms. The monoisotopic (exact) mass is 475 g/mol. The van der Waals surface area contributed by atoms with E-state index in [1.165, 1.54) is 59.3 Å². The van der Waals surface area contributed by atoms with Crippen LogP contribution < -0.4 is 10.1 Å². The van der Waals surface area contributed by atoms with Crippen molar-refractivity contribution in [2.24, 2.45) is 0 Å². The van der Waals surface area contributed by atoms with Gasteiger partial charge in [0.1, 0.15) is 5.75 Å². The summed E-state index contributed by atoms with van der Waals surface area (Å²) in [5.74, 6) is 0.994. The van der Waals surface area contributed by atoms with Crippen molar-refractivity contribution in [1.82, 2.24) is 5.32 Å². The van der Waals surface area contributed by atoms with Crippen molar-refractivity contribution >= 4 is 45.8 Å². The summed E-state index contributed by atoms with van der Waals surface area (Å²) in [5, 5.41) is 5.74. The van der Waals surface area contributed by atoms with Crippen LogP contribution >= 0.6 is 35.0 Å². The number of rotatable bonds is 12. The third-order valence-electron chi connectivity index (χ3n) is 4.36. The van der Waals surface area contributed by atoms with E-state index in [1.807, 2.05) is 7.05 Å². The summed E-state index contributed by atoms with van der Waals surface area (Å²) in [6.07, 6.45) is 10.6. The molecule has 0 heterocycles. The van der Waals surface area contributed by atoms with Crippen molar-refractivity contribution in [3.05, 3.63) is 40.0 Å². The fourth-order valence-corrected chi connectivity index (χ4v) is 3.45. The maximum absolute atomic E-state index is 5.91. The molecule has 0 saturated carbocycles. The van der Waals surface area contributed by atoms with Crippen LogP contribution in [0, 0.1) is 3.57 Å². The minimum Gasteiger partial charge on any atom is -0.494 e. The molecular weight excluding hydrogens is 445 g/mol. The Morgan fingerprint density at radius 1 is 0.800 bits per heavy atom. The van der Waals surface area contributed by atoms with Gasteiger partial charge in [-0.05, 0) is 84.1 Å². The van der Waals surface area contributed by atoms with Crippen molar-refractivity contribution in [3.63, 3.8) is 0 Å². The molecule has 0 unspecified atom stereocenters. The SMILES string of the molecule is CNCCCCCCCCCCOc1ccc2cc(I)ccc2c1.Cl. The van der Waals surface area contributed by atoms with Crippen molar-refractivity contribution in [2.75, 3.05) is 20.2 Å². The third kappa shape index (κ3) is 9.11. The van der Waals surface area contributed by atoms with E-state index >= 15 is 0 Å². The van der Waals surface area contributed by atoms with E-state index in [9.17, 15) is 0 Å². The van der Waals surface area contributed by atoms with Gasteiger partial charge in [0.25, 0.3) is 0 Å². The van der Waals surface area contributed by atoms with Crippen LogP contribution in [-0.2, 0) is 0 Å². The smallest absolute Gasteiger partial charge is 0.119 e. The lowest BCUT2D eigenvalue weighted by atomic mass is 10.1. The lowest BCUT2D eigenvalue weighted by molar-refractivity contribution is 0.304. The Morgan fingerprint density at radius 2 is 1.40 bits per heavy atom. The average molecular weight is 476 g/mol. The zero-order valence-electron chi connectivity index (χ0n) is 15.2. The van der Waals surface area contributed by atoms with E-state index < -0.39 is 0 Å². The minimum atomic E-state index is 0. The molecule has 0 spiro atoms. The second-order valence-electron chi connectivity index (χ2n) is 6.43. The quantitative estimate of drug-likeness (QED) is 0.276. The van der Waals surface area contributed by atoms with Crippen molar-refractivity contribution in [2.45, 2.75) is 51.4 Å². The molecule has 140 valence electrons. The highest BCUT2D eigenvalue weighted by molar-refractivity contribution is 14.1. The zero-order chi connectivity index (χ0) is 17.0. The first-order chi connectivity index (χ1) is 11.8. The fraction of sp³-hybridized carbons (Fsp3) is 0.524. The number of hydrogen-bond acceptors (Lipinski definition) is 2. The van der Waals surface area contributed by atoms with Crippen LogP contribution in [0.5, 0.6) is 5.75 Å². The van der Waals surface area contributed by atoms with Gasteiger partial charge in [-0.15, -0.1) is 12.4 Å². The number of hydrogen-bond donors (Lipinski definition) is 1. The zero-order valence-corrected chi connectivity index (χ0v) is 18.2. The predicted molar refractivity (Wildman–Crippen MR) is 120 cm³/mol. The van der Waals surface area contributed by atoms with E-state index in [-0.39, 0.29) is 12.4 Å². The van der Waals surface area contributed by atoms with Gasteiger partial charge < -0.3 is 10.1 Å². The van der Waals surface area contributed by atoms with Crippen molar-refractivity contribution in [1.29, 1.82) is 0 Å². The van der Waals surface area contributed by atoms with Crippen LogP contribution in [0.15, 0.2) is 36.4 Å². The summed E-state index contributed by atoms with van der Waals surface area (Å²) in [4.78, 5) is 0. The van der Waals surface area contributed by atoms with E-state index in [0.29, 0.717) is 0 Å². The van der Waals surface area contributed by atoms with Crippen LogP contribution in [0.3, 0.4) is 0 Å². The van der Waals surface area contributed by atoms with E-state index in [1.54, 1.807) is 0 Å². The standard InChI is InChI=1S/C21H30INO.ClH/c1-23-14-8-6-4-2-3-5-7-9-15-24-21-13-11-18-16-20(22)12-10-19(18)17-21;/h10-13,16-17,23H,2-9,14-15H2,1H3;1H. The van der Waals surface area contributed by atoms with Gasteiger partial charge in [-0.2, -0.15) is 0 Å². The molecule has 0 amide bonds. The maximum atomic E-state index is 5.91. The summed E-state index contributed by atoms with van der Waals surface area (Å²) in [6.45, 7) is 1.99. The summed E-state index contributed by atoms with van der Waals surface area (Å²) in [7, 11) is 2.03. The summed E-state index contributed by atoms with van der Waals surface area (Å²) >= 11 is 2.35. The Bertz CT molecular complexity index is 605.